The van der Waals surface area contributed by atoms with Crippen molar-refractivity contribution in [2.45, 2.75) is 20.4 Å². The summed E-state index contributed by atoms with van der Waals surface area (Å²) in [7, 11) is 1.46. The number of aromatic nitrogens is 2. The molecule has 7 nitrogen and oxygen atoms in total. The van der Waals surface area contributed by atoms with Crippen LogP contribution in [0.5, 0.6) is 6.01 Å². The Hall–Kier alpha value is -2.19. The SMILES string of the molecule is COc1nc(C)cc(=O)n1Cc1cc(C(=O)NN)sc1C. The van der Waals surface area contributed by atoms with E-state index in [0.717, 1.165) is 10.4 Å². The van der Waals surface area contributed by atoms with E-state index in [1.165, 1.54) is 29.1 Å². The average Bonchev–Trinajstić information content (AvgIpc) is 2.81. The van der Waals surface area contributed by atoms with E-state index in [0.29, 0.717) is 10.6 Å². The van der Waals surface area contributed by atoms with Crippen molar-refractivity contribution >= 4 is 17.2 Å². The van der Waals surface area contributed by atoms with Crippen LogP contribution in [0.3, 0.4) is 0 Å². The van der Waals surface area contributed by atoms with Crippen LogP contribution in [0.4, 0.5) is 0 Å². The van der Waals surface area contributed by atoms with Gasteiger partial charge in [0.05, 0.1) is 18.5 Å². The lowest BCUT2D eigenvalue weighted by atomic mass is 10.2. The highest BCUT2D eigenvalue weighted by atomic mass is 32.1. The molecule has 0 fully saturated rings. The lowest BCUT2D eigenvalue weighted by Crippen LogP contribution is -2.29. The molecule has 0 aromatic carbocycles. The Balaban J connectivity index is 2.41. The summed E-state index contributed by atoms with van der Waals surface area (Å²) in [5.41, 5.74) is 3.34. The third kappa shape index (κ3) is 3.11. The summed E-state index contributed by atoms with van der Waals surface area (Å²) >= 11 is 1.32. The number of methoxy groups -OCH3 is 1. The fraction of sp³-hybridized carbons (Fsp3) is 0.308. The van der Waals surface area contributed by atoms with Gasteiger partial charge in [-0.15, -0.1) is 11.3 Å². The highest BCUT2D eigenvalue weighted by Crippen LogP contribution is 2.23. The molecule has 8 heteroatoms. The number of ether oxygens (including phenoxy) is 1. The molecule has 112 valence electrons. The largest absolute Gasteiger partial charge is 0.468 e. The molecule has 0 aliphatic carbocycles. The van der Waals surface area contributed by atoms with Gasteiger partial charge in [-0.05, 0) is 25.5 Å². The van der Waals surface area contributed by atoms with Crippen LogP contribution in [0.1, 0.15) is 25.8 Å². The van der Waals surface area contributed by atoms with Gasteiger partial charge in [0.2, 0.25) is 0 Å². The Morgan fingerprint density at radius 3 is 2.81 bits per heavy atom. The zero-order valence-corrected chi connectivity index (χ0v) is 12.8. The van der Waals surface area contributed by atoms with Gasteiger partial charge in [0.15, 0.2) is 0 Å². The van der Waals surface area contributed by atoms with Crippen LogP contribution < -0.4 is 21.6 Å². The average molecular weight is 308 g/mol. The molecule has 0 atom stereocenters. The van der Waals surface area contributed by atoms with Crippen molar-refractivity contribution in [2.24, 2.45) is 5.84 Å². The smallest absolute Gasteiger partial charge is 0.299 e. The second-order valence-corrected chi connectivity index (χ2v) is 5.73. The number of nitrogens with one attached hydrogen (secondary N) is 1. The van der Waals surface area contributed by atoms with E-state index < -0.39 is 0 Å². The standard InChI is InChI=1S/C13H16N4O3S/c1-7-4-11(18)17(13(15-7)20-3)6-9-5-10(12(19)16-14)21-8(9)2/h4-5H,6,14H2,1-3H3,(H,16,19). The number of nitrogen functional groups attached to an aromatic ring is 1. The van der Waals surface area contributed by atoms with Crippen molar-refractivity contribution in [3.05, 3.63) is 43.5 Å². The van der Waals surface area contributed by atoms with Crippen LogP contribution in [-0.2, 0) is 6.54 Å². The maximum absolute atomic E-state index is 12.1. The lowest BCUT2D eigenvalue weighted by Gasteiger charge is -2.10. The van der Waals surface area contributed by atoms with Crippen LogP contribution in [0.15, 0.2) is 16.9 Å². The number of aryl methyl sites for hydroxylation is 2. The number of amides is 1. The number of carbonyl (C=O) groups excluding carboxylic acids is 1. The van der Waals surface area contributed by atoms with E-state index in [4.69, 9.17) is 10.6 Å². The van der Waals surface area contributed by atoms with E-state index in [1.54, 1.807) is 13.0 Å². The summed E-state index contributed by atoms with van der Waals surface area (Å²) in [5, 5.41) is 0. The summed E-state index contributed by atoms with van der Waals surface area (Å²) in [6, 6.07) is 3.40. The first kappa shape index (κ1) is 15.2. The van der Waals surface area contributed by atoms with Crippen molar-refractivity contribution in [3.63, 3.8) is 0 Å². The van der Waals surface area contributed by atoms with Crippen LogP contribution in [0.25, 0.3) is 0 Å². The molecule has 3 N–H and O–H groups in total. The van der Waals surface area contributed by atoms with Gasteiger partial charge in [-0.1, -0.05) is 0 Å². The number of nitrogens with two attached hydrogens (primary N) is 1. The topological polar surface area (TPSA) is 99.2 Å². The summed E-state index contributed by atoms with van der Waals surface area (Å²) in [6.07, 6.45) is 0. The Bertz CT molecular complexity index is 736. The molecule has 21 heavy (non-hydrogen) atoms. The zero-order valence-electron chi connectivity index (χ0n) is 12.0. The number of carbonyl (C=O) groups is 1. The minimum absolute atomic E-state index is 0.199. The number of nitrogens with zero attached hydrogens (tertiary/aromatic N) is 2. The van der Waals surface area contributed by atoms with Gasteiger partial charge in [-0.25, -0.2) is 10.8 Å². The molecule has 0 bridgehead atoms. The van der Waals surface area contributed by atoms with Gasteiger partial charge in [-0.3, -0.25) is 19.6 Å². The molecule has 0 spiro atoms. The van der Waals surface area contributed by atoms with Gasteiger partial charge in [0.1, 0.15) is 0 Å². The molecule has 2 aromatic heterocycles. The minimum atomic E-state index is -0.351. The predicted octanol–water partition coefficient (Wildman–Crippen LogP) is 0.582. The number of hydrogen-bond donors (Lipinski definition) is 2. The first-order valence-electron chi connectivity index (χ1n) is 6.19. The van der Waals surface area contributed by atoms with Gasteiger partial charge >= 0.3 is 0 Å². The van der Waals surface area contributed by atoms with E-state index in [2.05, 4.69) is 10.4 Å². The van der Waals surface area contributed by atoms with Crippen LogP contribution >= 0.6 is 11.3 Å². The van der Waals surface area contributed by atoms with E-state index in [-0.39, 0.29) is 24.0 Å². The molecule has 2 aromatic rings. The molecular weight excluding hydrogens is 292 g/mol. The van der Waals surface area contributed by atoms with E-state index in [9.17, 15) is 9.59 Å². The first-order valence-corrected chi connectivity index (χ1v) is 7.00. The second-order valence-electron chi connectivity index (χ2n) is 4.47. The third-order valence-electron chi connectivity index (χ3n) is 2.99. The Kier molecular flexibility index (Phi) is 4.39. The molecule has 0 aliphatic heterocycles. The summed E-state index contributed by atoms with van der Waals surface area (Å²) < 4.78 is 6.57. The van der Waals surface area contributed by atoms with Crippen molar-refractivity contribution in [3.8, 4) is 6.01 Å². The minimum Gasteiger partial charge on any atom is -0.468 e. The molecule has 2 heterocycles. The van der Waals surface area contributed by atoms with Gasteiger partial charge < -0.3 is 4.74 Å². The highest BCUT2D eigenvalue weighted by Gasteiger charge is 2.14. The third-order valence-corrected chi connectivity index (χ3v) is 4.08. The molecule has 0 radical (unpaired) electrons. The van der Waals surface area contributed by atoms with E-state index >= 15 is 0 Å². The molecule has 0 saturated heterocycles. The highest BCUT2D eigenvalue weighted by molar-refractivity contribution is 7.14. The van der Waals surface area contributed by atoms with E-state index in [1.807, 2.05) is 6.92 Å². The maximum atomic E-state index is 12.1. The van der Waals surface area contributed by atoms with Gasteiger partial charge in [0.25, 0.3) is 17.5 Å². The van der Waals surface area contributed by atoms with Crippen molar-refractivity contribution in [2.75, 3.05) is 7.11 Å². The fourth-order valence-corrected chi connectivity index (χ4v) is 2.86. The zero-order chi connectivity index (χ0) is 15.6. The monoisotopic (exact) mass is 308 g/mol. The van der Waals surface area contributed by atoms with Crippen molar-refractivity contribution in [1.82, 2.24) is 15.0 Å². The summed E-state index contributed by atoms with van der Waals surface area (Å²) in [4.78, 5) is 29.2. The molecule has 0 saturated carbocycles. The Morgan fingerprint density at radius 2 is 2.19 bits per heavy atom. The molecule has 2 rings (SSSR count). The number of rotatable bonds is 4. The molecule has 0 unspecified atom stereocenters. The normalized spacial score (nSPS) is 10.5. The van der Waals surface area contributed by atoms with Crippen molar-refractivity contribution < 1.29 is 9.53 Å². The number of hydrazine groups is 1. The van der Waals surface area contributed by atoms with Gasteiger partial charge in [-0.2, -0.15) is 0 Å². The van der Waals surface area contributed by atoms with Crippen LogP contribution in [0, 0.1) is 13.8 Å². The second kappa shape index (κ2) is 6.06. The fourth-order valence-electron chi connectivity index (χ4n) is 1.93. The Labute approximate surface area is 125 Å². The first-order chi connectivity index (χ1) is 9.96. The summed E-state index contributed by atoms with van der Waals surface area (Å²) in [5.74, 6) is 4.77. The summed E-state index contributed by atoms with van der Waals surface area (Å²) in [6.45, 7) is 3.90. The molecule has 1 amide bonds. The van der Waals surface area contributed by atoms with Gasteiger partial charge in [0, 0.05) is 16.6 Å². The molecule has 0 aliphatic rings. The van der Waals surface area contributed by atoms with Crippen molar-refractivity contribution in [1.29, 1.82) is 0 Å². The predicted molar refractivity (Wildman–Crippen MR) is 79.6 cm³/mol. The number of thiophene rings is 1. The lowest BCUT2D eigenvalue weighted by molar-refractivity contribution is 0.0957. The molecular formula is C13H16N4O3S. The quantitative estimate of drug-likeness (QED) is 0.489. The Morgan fingerprint density at radius 1 is 1.48 bits per heavy atom. The van der Waals surface area contributed by atoms with Crippen LogP contribution in [0.2, 0.25) is 0 Å². The van der Waals surface area contributed by atoms with Crippen LogP contribution in [-0.4, -0.2) is 22.6 Å². The maximum Gasteiger partial charge on any atom is 0.299 e. The number of hydrogen-bond acceptors (Lipinski definition) is 6.